The molecular formula is C20H17BrN2O3S. The zero-order chi connectivity index (χ0) is 19.1. The maximum absolute atomic E-state index is 12.9. The Morgan fingerprint density at radius 1 is 1.26 bits per heavy atom. The Labute approximate surface area is 168 Å². The lowest BCUT2D eigenvalue weighted by atomic mass is 10.2. The molecule has 0 fully saturated rings. The van der Waals surface area contributed by atoms with Crippen LogP contribution in [-0.4, -0.2) is 22.6 Å². The fourth-order valence-corrected chi connectivity index (χ4v) is 4.48. The molecule has 0 aliphatic heterocycles. The average Bonchev–Trinajstić information content (AvgIpc) is 3.13. The highest BCUT2D eigenvalue weighted by atomic mass is 79.9. The van der Waals surface area contributed by atoms with E-state index >= 15 is 0 Å². The van der Waals surface area contributed by atoms with E-state index in [-0.39, 0.29) is 11.7 Å². The second-order valence-electron chi connectivity index (χ2n) is 6.34. The molecule has 0 aliphatic rings. The molecule has 0 spiro atoms. The molecule has 5 nitrogen and oxygen atoms in total. The van der Waals surface area contributed by atoms with Crippen molar-refractivity contribution >= 4 is 49.3 Å². The Bertz CT molecular complexity index is 1260. The van der Waals surface area contributed by atoms with Crippen LogP contribution in [-0.2, 0) is 0 Å². The molecule has 27 heavy (non-hydrogen) atoms. The van der Waals surface area contributed by atoms with E-state index in [1.807, 2.05) is 56.3 Å². The van der Waals surface area contributed by atoms with Gasteiger partial charge in [-0.05, 0) is 65.7 Å². The second-order valence-corrected chi connectivity index (χ2v) is 8.20. The Kier molecular flexibility index (Phi) is 4.65. The summed E-state index contributed by atoms with van der Waals surface area (Å²) in [6.45, 7) is 3.92. The molecule has 2 heterocycles. The number of hydrogen-bond acceptors (Lipinski definition) is 5. The van der Waals surface area contributed by atoms with E-state index in [9.17, 15) is 4.79 Å². The molecule has 138 valence electrons. The summed E-state index contributed by atoms with van der Waals surface area (Å²) in [4.78, 5) is 18.1. The molecular weight excluding hydrogens is 428 g/mol. The lowest BCUT2D eigenvalue weighted by Gasteiger charge is -2.15. The lowest BCUT2D eigenvalue weighted by molar-refractivity contribution is 0.228. The van der Waals surface area contributed by atoms with Crippen LogP contribution in [0, 0.1) is 0 Å². The maximum atomic E-state index is 12.9. The maximum Gasteiger partial charge on any atom is 0.274 e. The third-order valence-corrected chi connectivity index (χ3v) is 5.61. The van der Waals surface area contributed by atoms with Gasteiger partial charge in [-0.1, -0.05) is 23.5 Å². The number of thiazole rings is 1. The molecule has 2 aromatic heterocycles. The predicted octanol–water partition coefficient (Wildman–Crippen LogP) is 4.02. The van der Waals surface area contributed by atoms with Crippen LogP contribution < -0.4 is 19.6 Å². The lowest BCUT2D eigenvalue weighted by Crippen LogP contribution is -2.22. The van der Waals surface area contributed by atoms with Crippen molar-refractivity contribution in [1.82, 2.24) is 9.38 Å². The summed E-state index contributed by atoms with van der Waals surface area (Å²) >= 11 is 4.92. The van der Waals surface area contributed by atoms with Gasteiger partial charge < -0.3 is 9.47 Å². The monoisotopic (exact) mass is 444 g/mol. The number of hydrogen-bond donors (Lipinski definition) is 0. The summed E-state index contributed by atoms with van der Waals surface area (Å²) < 4.78 is 14.4. The first-order valence-corrected chi connectivity index (χ1v) is 10.0. The van der Waals surface area contributed by atoms with Crippen LogP contribution in [0.1, 0.15) is 19.4 Å². The molecule has 4 rings (SSSR count). The van der Waals surface area contributed by atoms with Crippen molar-refractivity contribution in [2.45, 2.75) is 20.0 Å². The van der Waals surface area contributed by atoms with Gasteiger partial charge in [-0.2, -0.15) is 0 Å². The number of ether oxygens (including phenoxy) is 2. The number of imidazole rings is 1. The van der Waals surface area contributed by atoms with Crippen LogP contribution in [0.4, 0.5) is 0 Å². The Morgan fingerprint density at radius 3 is 2.78 bits per heavy atom. The molecule has 7 heteroatoms. The minimum Gasteiger partial charge on any atom is -0.493 e. The van der Waals surface area contributed by atoms with Crippen molar-refractivity contribution < 1.29 is 9.47 Å². The number of fused-ring (bicyclic) bond motifs is 3. The van der Waals surface area contributed by atoms with Gasteiger partial charge in [0.05, 0.1) is 33.3 Å². The van der Waals surface area contributed by atoms with E-state index in [0.717, 1.165) is 21.1 Å². The molecule has 2 aromatic carbocycles. The summed E-state index contributed by atoms with van der Waals surface area (Å²) in [6.07, 6.45) is 1.87. The highest BCUT2D eigenvalue weighted by Crippen LogP contribution is 2.37. The molecule has 0 amide bonds. The zero-order valence-electron chi connectivity index (χ0n) is 15.0. The van der Waals surface area contributed by atoms with Gasteiger partial charge in [-0.25, -0.2) is 9.38 Å². The average molecular weight is 445 g/mol. The van der Waals surface area contributed by atoms with E-state index in [0.29, 0.717) is 21.0 Å². The standard InChI is InChI=1S/C20H17BrN2O3S/c1-11(2)26-18-13(21)8-12(9-16(18)25-3)10-17-19(24)23-15-7-5-4-6-14(15)22-20(23)27-17/h4-11H,1-3H3. The summed E-state index contributed by atoms with van der Waals surface area (Å²) in [6, 6.07) is 11.4. The van der Waals surface area contributed by atoms with Gasteiger partial charge in [-0.3, -0.25) is 4.79 Å². The van der Waals surface area contributed by atoms with Crippen molar-refractivity contribution in [1.29, 1.82) is 0 Å². The van der Waals surface area contributed by atoms with E-state index in [1.54, 1.807) is 11.5 Å². The van der Waals surface area contributed by atoms with Crippen LogP contribution in [0.2, 0.25) is 0 Å². The smallest absolute Gasteiger partial charge is 0.274 e. The molecule has 0 unspecified atom stereocenters. The summed E-state index contributed by atoms with van der Waals surface area (Å²) in [5.41, 5.74) is 2.43. The Balaban J connectivity index is 1.87. The van der Waals surface area contributed by atoms with Gasteiger partial charge in [0, 0.05) is 0 Å². The van der Waals surface area contributed by atoms with Crippen molar-refractivity contribution in [3.63, 3.8) is 0 Å². The number of halogens is 1. The van der Waals surface area contributed by atoms with Crippen molar-refractivity contribution in [3.05, 3.63) is 61.3 Å². The number of aromatic nitrogens is 2. The minimum absolute atomic E-state index is 0.0247. The molecule has 4 aromatic rings. The highest BCUT2D eigenvalue weighted by molar-refractivity contribution is 9.10. The first-order valence-electron chi connectivity index (χ1n) is 8.44. The van der Waals surface area contributed by atoms with Gasteiger partial charge in [0.1, 0.15) is 0 Å². The highest BCUT2D eigenvalue weighted by Gasteiger charge is 2.14. The molecule has 0 N–H and O–H groups in total. The fraction of sp³-hybridized carbons (Fsp3) is 0.200. The third-order valence-electron chi connectivity index (χ3n) is 4.05. The quantitative estimate of drug-likeness (QED) is 0.476. The molecule has 0 bridgehead atoms. The van der Waals surface area contributed by atoms with Crippen LogP contribution in [0.15, 0.2) is 45.7 Å². The van der Waals surface area contributed by atoms with Gasteiger partial charge in [0.25, 0.3) is 5.56 Å². The molecule has 0 radical (unpaired) electrons. The number of benzene rings is 2. The third kappa shape index (κ3) is 3.21. The number of rotatable bonds is 4. The SMILES string of the molecule is COc1cc(C=c2sc3nc4ccccc4n3c2=O)cc(Br)c1OC(C)C. The topological polar surface area (TPSA) is 52.8 Å². The first kappa shape index (κ1) is 18.0. The van der Waals surface area contributed by atoms with Crippen molar-refractivity contribution in [2.24, 2.45) is 0 Å². The molecule has 0 saturated heterocycles. The number of nitrogens with zero attached hydrogens (tertiary/aromatic N) is 2. The Hall–Kier alpha value is -2.38. The van der Waals surface area contributed by atoms with E-state index in [2.05, 4.69) is 20.9 Å². The summed E-state index contributed by atoms with van der Waals surface area (Å²) in [7, 11) is 1.60. The summed E-state index contributed by atoms with van der Waals surface area (Å²) in [5.74, 6) is 1.27. The van der Waals surface area contributed by atoms with Crippen LogP contribution in [0.25, 0.3) is 22.1 Å². The largest absolute Gasteiger partial charge is 0.493 e. The van der Waals surface area contributed by atoms with Gasteiger partial charge in [0.2, 0.25) is 0 Å². The summed E-state index contributed by atoms with van der Waals surface area (Å²) in [5, 5.41) is 0. The Morgan fingerprint density at radius 2 is 2.04 bits per heavy atom. The molecule has 0 atom stereocenters. The van der Waals surface area contributed by atoms with Crippen LogP contribution >= 0.6 is 27.3 Å². The molecule has 0 saturated carbocycles. The normalized spacial score (nSPS) is 12.4. The van der Waals surface area contributed by atoms with E-state index < -0.39 is 0 Å². The van der Waals surface area contributed by atoms with Gasteiger partial charge in [0.15, 0.2) is 16.5 Å². The van der Waals surface area contributed by atoms with Gasteiger partial charge >= 0.3 is 0 Å². The zero-order valence-corrected chi connectivity index (χ0v) is 17.4. The second kappa shape index (κ2) is 6.98. The number of methoxy groups -OCH3 is 1. The van der Waals surface area contributed by atoms with Crippen LogP contribution in [0.5, 0.6) is 11.5 Å². The van der Waals surface area contributed by atoms with Crippen LogP contribution in [0.3, 0.4) is 0 Å². The van der Waals surface area contributed by atoms with Gasteiger partial charge in [-0.15, -0.1) is 0 Å². The predicted molar refractivity (Wildman–Crippen MR) is 112 cm³/mol. The first-order chi connectivity index (χ1) is 13.0. The fourth-order valence-electron chi connectivity index (χ4n) is 2.94. The van der Waals surface area contributed by atoms with E-state index in [1.165, 1.54) is 11.3 Å². The molecule has 0 aliphatic carbocycles. The van der Waals surface area contributed by atoms with Crippen molar-refractivity contribution in [2.75, 3.05) is 7.11 Å². The minimum atomic E-state index is -0.0682. The van der Waals surface area contributed by atoms with E-state index in [4.69, 9.17) is 9.47 Å². The number of para-hydroxylation sites is 2. The van der Waals surface area contributed by atoms with Crippen molar-refractivity contribution in [3.8, 4) is 11.5 Å².